The molecule has 0 aromatic heterocycles. The minimum Gasteiger partial charge on any atom is -0.382 e. The number of hydrogen-bond donors (Lipinski definition) is 2. The summed E-state index contributed by atoms with van der Waals surface area (Å²) in [6.45, 7) is 6.95. The lowest BCUT2D eigenvalue weighted by molar-refractivity contribution is 0.128. The molecule has 1 unspecified atom stereocenters. The first-order chi connectivity index (χ1) is 11.7. The molecule has 0 radical (unpaired) electrons. The highest BCUT2D eigenvalue weighted by Crippen LogP contribution is 2.48. The van der Waals surface area contributed by atoms with Crippen LogP contribution < -0.4 is 10.6 Å². The molecule has 0 amide bonds. The fourth-order valence-electron chi connectivity index (χ4n) is 2.92. The molecule has 4 nitrogen and oxygen atoms in total. The SMILES string of the molecule is CCOCCC1(CNC(=NC)NC(C)CCc2ccccc2)CC1. The Bertz CT molecular complexity index is 497. The summed E-state index contributed by atoms with van der Waals surface area (Å²) in [6, 6.07) is 11.0. The van der Waals surface area contributed by atoms with Crippen LogP contribution in [0.15, 0.2) is 35.3 Å². The minimum absolute atomic E-state index is 0.398. The number of guanidine groups is 1. The van der Waals surface area contributed by atoms with Gasteiger partial charge in [0.05, 0.1) is 0 Å². The van der Waals surface area contributed by atoms with Crippen molar-refractivity contribution >= 4 is 5.96 Å². The molecule has 2 rings (SSSR count). The van der Waals surface area contributed by atoms with E-state index < -0.39 is 0 Å². The number of nitrogens with one attached hydrogen (secondary N) is 2. The molecule has 0 saturated heterocycles. The Kier molecular flexibility index (Phi) is 7.57. The zero-order valence-corrected chi connectivity index (χ0v) is 15.5. The Morgan fingerprint density at radius 2 is 2.04 bits per heavy atom. The number of aliphatic imine (C=N–C) groups is 1. The van der Waals surface area contributed by atoms with Gasteiger partial charge in [-0.3, -0.25) is 4.99 Å². The molecule has 134 valence electrons. The Labute approximate surface area is 147 Å². The molecule has 1 saturated carbocycles. The molecule has 0 bridgehead atoms. The Morgan fingerprint density at radius 1 is 1.29 bits per heavy atom. The van der Waals surface area contributed by atoms with Crippen molar-refractivity contribution in [2.75, 3.05) is 26.8 Å². The lowest BCUT2D eigenvalue weighted by Gasteiger charge is -2.21. The predicted molar refractivity (Wildman–Crippen MR) is 101 cm³/mol. The van der Waals surface area contributed by atoms with Gasteiger partial charge in [-0.15, -0.1) is 0 Å². The van der Waals surface area contributed by atoms with Crippen LogP contribution >= 0.6 is 0 Å². The summed E-state index contributed by atoms with van der Waals surface area (Å²) in [4.78, 5) is 4.37. The van der Waals surface area contributed by atoms with Gasteiger partial charge in [-0.2, -0.15) is 0 Å². The van der Waals surface area contributed by atoms with Gasteiger partial charge in [0.1, 0.15) is 0 Å². The van der Waals surface area contributed by atoms with Gasteiger partial charge in [-0.1, -0.05) is 30.3 Å². The molecule has 0 aliphatic heterocycles. The summed E-state index contributed by atoms with van der Waals surface area (Å²) in [5.41, 5.74) is 1.82. The molecular weight excluding hydrogens is 298 g/mol. The number of rotatable bonds is 10. The van der Waals surface area contributed by atoms with E-state index in [1.54, 1.807) is 0 Å². The van der Waals surface area contributed by atoms with Gasteiger partial charge in [0.15, 0.2) is 5.96 Å². The molecule has 0 spiro atoms. The molecule has 2 N–H and O–H groups in total. The number of ether oxygens (including phenoxy) is 1. The second-order valence-corrected chi connectivity index (χ2v) is 6.94. The van der Waals surface area contributed by atoms with E-state index >= 15 is 0 Å². The first-order valence-electron chi connectivity index (χ1n) is 9.26. The van der Waals surface area contributed by atoms with Crippen molar-refractivity contribution in [3.8, 4) is 0 Å². The van der Waals surface area contributed by atoms with Crippen LogP contribution in [0.1, 0.15) is 45.1 Å². The van der Waals surface area contributed by atoms with E-state index in [-0.39, 0.29) is 0 Å². The molecule has 1 aromatic carbocycles. The first-order valence-corrected chi connectivity index (χ1v) is 9.26. The van der Waals surface area contributed by atoms with Gasteiger partial charge in [0.25, 0.3) is 0 Å². The third kappa shape index (κ3) is 6.52. The van der Waals surface area contributed by atoms with Gasteiger partial charge < -0.3 is 15.4 Å². The average molecular weight is 332 g/mol. The predicted octanol–water partition coefficient (Wildman–Crippen LogP) is 3.38. The fourth-order valence-corrected chi connectivity index (χ4v) is 2.92. The largest absolute Gasteiger partial charge is 0.382 e. The zero-order valence-electron chi connectivity index (χ0n) is 15.5. The van der Waals surface area contributed by atoms with Crippen LogP contribution in [-0.2, 0) is 11.2 Å². The fraction of sp³-hybridized carbons (Fsp3) is 0.650. The van der Waals surface area contributed by atoms with Crippen LogP contribution in [0.25, 0.3) is 0 Å². The van der Waals surface area contributed by atoms with E-state index in [1.165, 1.54) is 18.4 Å². The maximum Gasteiger partial charge on any atom is 0.191 e. The maximum atomic E-state index is 5.51. The van der Waals surface area contributed by atoms with Gasteiger partial charge in [0, 0.05) is 32.8 Å². The summed E-state index contributed by atoms with van der Waals surface area (Å²) >= 11 is 0. The number of benzene rings is 1. The van der Waals surface area contributed by atoms with Gasteiger partial charge >= 0.3 is 0 Å². The minimum atomic E-state index is 0.398. The molecule has 4 heteroatoms. The second kappa shape index (κ2) is 9.67. The summed E-state index contributed by atoms with van der Waals surface area (Å²) in [5, 5.41) is 7.02. The summed E-state index contributed by atoms with van der Waals surface area (Å²) in [7, 11) is 1.85. The molecular formula is C20H33N3O. The highest BCUT2D eigenvalue weighted by Gasteiger charge is 2.41. The first kappa shape index (κ1) is 18.8. The van der Waals surface area contributed by atoms with E-state index in [2.05, 4.69) is 59.8 Å². The smallest absolute Gasteiger partial charge is 0.191 e. The van der Waals surface area contributed by atoms with Crippen molar-refractivity contribution in [2.24, 2.45) is 10.4 Å². The maximum absolute atomic E-state index is 5.51. The second-order valence-electron chi connectivity index (χ2n) is 6.94. The van der Waals surface area contributed by atoms with Gasteiger partial charge in [-0.05, 0) is 56.9 Å². The van der Waals surface area contributed by atoms with Crippen molar-refractivity contribution in [1.82, 2.24) is 10.6 Å². The van der Waals surface area contributed by atoms with Gasteiger partial charge in [0.2, 0.25) is 0 Å². The van der Waals surface area contributed by atoms with E-state index in [9.17, 15) is 0 Å². The third-order valence-electron chi connectivity index (χ3n) is 4.88. The molecule has 1 atom stereocenters. The Hall–Kier alpha value is -1.55. The number of nitrogens with zero attached hydrogens (tertiary/aromatic N) is 1. The van der Waals surface area contributed by atoms with Crippen LogP contribution in [0, 0.1) is 5.41 Å². The van der Waals surface area contributed by atoms with E-state index in [0.717, 1.165) is 45.0 Å². The van der Waals surface area contributed by atoms with Crippen molar-refractivity contribution in [3.05, 3.63) is 35.9 Å². The quantitative estimate of drug-likeness (QED) is 0.392. The molecule has 1 fully saturated rings. The molecule has 1 aliphatic rings. The monoisotopic (exact) mass is 331 g/mol. The normalized spacial score (nSPS) is 17.4. The van der Waals surface area contributed by atoms with E-state index in [4.69, 9.17) is 4.74 Å². The number of hydrogen-bond acceptors (Lipinski definition) is 2. The third-order valence-corrected chi connectivity index (χ3v) is 4.88. The standard InChI is InChI=1S/C20H33N3O/c1-4-24-15-14-20(12-13-20)16-22-19(21-3)23-17(2)10-11-18-8-6-5-7-9-18/h5-9,17H,4,10-16H2,1-3H3,(H2,21,22,23). The lowest BCUT2D eigenvalue weighted by atomic mass is 10.0. The molecule has 1 aromatic rings. The summed E-state index contributed by atoms with van der Waals surface area (Å²) < 4.78 is 5.51. The van der Waals surface area contributed by atoms with Crippen LogP contribution in [0.4, 0.5) is 0 Å². The highest BCUT2D eigenvalue weighted by atomic mass is 16.5. The Balaban J connectivity index is 1.68. The summed E-state index contributed by atoms with van der Waals surface area (Å²) in [6.07, 6.45) is 5.93. The Morgan fingerprint density at radius 3 is 2.67 bits per heavy atom. The average Bonchev–Trinajstić information content (AvgIpc) is 3.38. The van der Waals surface area contributed by atoms with E-state index in [0.29, 0.717) is 11.5 Å². The van der Waals surface area contributed by atoms with Gasteiger partial charge in [-0.25, -0.2) is 0 Å². The summed E-state index contributed by atoms with van der Waals surface area (Å²) in [5.74, 6) is 0.915. The zero-order chi connectivity index (χ0) is 17.3. The van der Waals surface area contributed by atoms with Crippen LogP contribution in [0.5, 0.6) is 0 Å². The highest BCUT2D eigenvalue weighted by molar-refractivity contribution is 5.80. The van der Waals surface area contributed by atoms with Crippen molar-refractivity contribution in [3.63, 3.8) is 0 Å². The lowest BCUT2D eigenvalue weighted by Crippen LogP contribution is -2.44. The van der Waals surface area contributed by atoms with Crippen molar-refractivity contribution in [1.29, 1.82) is 0 Å². The van der Waals surface area contributed by atoms with E-state index in [1.807, 2.05) is 7.05 Å². The topological polar surface area (TPSA) is 45.6 Å². The molecule has 0 heterocycles. The molecule has 1 aliphatic carbocycles. The van der Waals surface area contributed by atoms with Crippen molar-refractivity contribution < 1.29 is 4.74 Å². The van der Waals surface area contributed by atoms with Crippen LogP contribution in [-0.4, -0.2) is 38.8 Å². The number of aryl methyl sites for hydroxylation is 1. The van der Waals surface area contributed by atoms with Crippen molar-refractivity contribution in [2.45, 2.75) is 52.0 Å². The molecule has 24 heavy (non-hydrogen) atoms. The van der Waals surface area contributed by atoms with Crippen LogP contribution in [0.3, 0.4) is 0 Å². The van der Waals surface area contributed by atoms with Crippen LogP contribution in [0.2, 0.25) is 0 Å².